The molecular formula is C88H116N12O19S. The van der Waals surface area contributed by atoms with Crippen molar-refractivity contribution in [1.29, 1.82) is 0 Å². The average Bonchev–Trinajstić information content (AvgIpc) is 0.986. The lowest BCUT2D eigenvalue weighted by Gasteiger charge is -2.39. The molecule has 10 amide bonds. The van der Waals surface area contributed by atoms with Gasteiger partial charge in [-0.3, -0.25) is 67.3 Å². The van der Waals surface area contributed by atoms with Crippen molar-refractivity contribution < 1.29 is 91.2 Å². The van der Waals surface area contributed by atoms with Crippen molar-refractivity contribution in [2.24, 2.45) is 17.3 Å². The number of nitrogens with zero attached hydrogens (tertiary/aromatic N) is 4. The van der Waals surface area contributed by atoms with Crippen LogP contribution in [-0.4, -0.2) is 221 Å². The Kier molecular flexibility index (Phi) is 40.7. The van der Waals surface area contributed by atoms with Gasteiger partial charge in [-0.15, -0.1) is 23.7 Å². The molecule has 0 spiro atoms. The van der Waals surface area contributed by atoms with Gasteiger partial charge in [-0.2, -0.15) is 0 Å². The first-order chi connectivity index (χ1) is 57.6. The van der Waals surface area contributed by atoms with E-state index in [4.69, 9.17) is 34.9 Å². The highest BCUT2D eigenvalue weighted by Crippen LogP contribution is 2.34. The number of anilines is 2. The fraction of sp³-hybridized carbons (Fsp3) is 0.511. The lowest BCUT2D eigenvalue weighted by molar-refractivity contribution is -0.213. The monoisotopic (exact) mass is 1680 g/mol. The number of benzene rings is 4. The highest BCUT2D eigenvalue weighted by Gasteiger charge is 2.41. The first-order valence-corrected chi connectivity index (χ1v) is 41.7. The Balaban J connectivity index is 0.793. The van der Waals surface area contributed by atoms with E-state index in [1.54, 1.807) is 59.5 Å². The normalized spacial score (nSPS) is 14.6. The third-order valence-corrected chi connectivity index (χ3v) is 21.1. The van der Waals surface area contributed by atoms with E-state index >= 15 is 0 Å². The maximum Gasteiger partial charge on any atom is 0.309 e. The number of likely N-dealkylation sites (tertiary alicyclic amines) is 1. The summed E-state index contributed by atoms with van der Waals surface area (Å²) in [5.41, 5.74) is 3.55. The molecule has 0 bridgehead atoms. The van der Waals surface area contributed by atoms with Gasteiger partial charge in [-0.25, -0.2) is 10.0 Å². The van der Waals surface area contributed by atoms with Gasteiger partial charge in [-0.05, 0) is 118 Å². The molecule has 5 aromatic rings. The minimum Gasteiger partial charge on any atom is -0.481 e. The summed E-state index contributed by atoms with van der Waals surface area (Å²) in [7, 11) is 1.89. The van der Waals surface area contributed by atoms with E-state index in [2.05, 4.69) is 65.3 Å². The van der Waals surface area contributed by atoms with Crippen molar-refractivity contribution >= 4 is 93.7 Å². The van der Waals surface area contributed by atoms with E-state index in [0.29, 0.717) is 74.6 Å². The summed E-state index contributed by atoms with van der Waals surface area (Å²) in [6.45, 7) is 13.8. The number of hydroxylamine groups is 2. The van der Waals surface area contributed by atoms with Gasteiger partial charge in [0.15, 0.2) is 6.10 Å². The van der Waals surface area contributed by atoms with Crippen LogP contribution in [0.5, 0.6) is 0 Å². The number of nitrogens with one attached hydrogen (secondary N) is 8. The standard InChI is InChI=1S/C88H116N12O19S/c1-10-12-22-41-118-100(86(111)81(60(5)11-2)97-84(110)72-29-20-21-40-98(72)9)73(59(3)4)52-74(119-61(6)101)85-96-70(58-120-85)83(109)94-68(53-88(7,8)87(112)113)50-63-30-34-67(35-31-63)93-78(105)56-92-82(108)69(51-62-23-14-13-15-24-62)95-79(106)55-91-77(104)54-90-76(103)38-42-114-44-46-116-48-49-117-47-45-115-43-39-89-75(102)36-37-80(107)99-57-66-27-17-16-25-64(66)32-33-65-26-18-19-28-71(65)99/h1,13-19,23-28,30-31,34-35,58-60,68-69,72-74,81H,11-12,20-22,29,36-57H2,2-9H3,(H,89,102)(H,90,103)(H,91,104)(H,92,108)(H,93,105)(H,94,109)(H,95,106)(H,97,110)(H,112,113)/t60-,68-,69-,72+,73+,74+,81-/m0/s1. The van der Waals surface area contributed by atoms with Crippen LogP contribution in [0, 0.1) is 41.4 Å². The van der Waals surface area contributed by atoms with E-state index in [1.807, 2.05) is 88.2 Å². The number of amides is 10. The van der Waals surface area contributed by atoms with Crippen molar-refractivity contribution in [1.82, 2.24) is 52.2 Å². The van der Waals surface area contributed by atoms with Gasteiger partial charge in [0.05, 0.1) is 109 Å². The maximum absolute atomic E-state index is 15.0. The Morgan fingerprint density at radius 3 is 1.98 bits per heavy atom. The number of rotatable bonds is 51. The number of carbonyl (C=O) groups excluding carboxylic acids is 11. The molecule has 7 rings (SSSR count). The number of piperidine rings is 1. The first-order valence-electron chi connectivity index (χ1n) is 40.8. The molecule has 7 atom stereocenters. The number of carboxylic acids is 1. The number of terminal acetylenes is 1. The third-order valence-electron chi connectivity index (χ3n) is 20.2. The van der Waals surface area contributed by atoms with Crippen LogP contribution in [0.3, 0.4) is 0 Å². The number of unbranched alkanes of at least 4 members (excludes halogenated alkanes) is 1. The molecule has 1 aromatic heterocycles. The lowest BCUT2D eigenvalue weighted by atomic mass is 9.84. The SMILES string of the molecule is C#CCCCON(C(=O)[C@@H](NC(=O)[C@H]1CCCCN1C)[C@@H](C)CC)[C@H](C[C@@H](OC(C)=O)c1nc(C(=O)N[C@@H](Cc2ccc(NC(=O)CNC(=O)[C@H](Cc3ccccc3)NC(=O)CNC(=O)CNC(=O)CCOCCOCCOCCOCCNC(=O)CCC(=O)N3Cc4ccccc4C#Cc4ccccc43)cc2)CC(C)(C)C(=O)O)cs1)C(C)C. The summed E-state index contributed by atoms with van der Waals surface area (Å²) in [5.74, 6) is 1.59. The van der Waals surface area contributed by atoms with E-state index in [1.165, 1.54) is 31.2 Å². The van der Waals surface area contributed by atoms with Gasteiger partial charge in [0.2, 0.25) is 47.3 Å². The average molecular weight is 1680 g/mol. The van der Waals surface area contributed by atoms with Crippen LogP contribution in [0.25, 0.3) is 0 Å². The molecule has 2 aliphatic heterocycles. The molecule has 2 aliphatic rings. The van der Waals surface area contributed by atoms with Gasteiger partial charge in [0.1, 0.15) is 22.8 Å². The predicted molar refractivity (Wildman–Crippen MR) is 450 cm³/mol. The molecule has 1 saturated heterocycles. The molecule has 31 nitrogen and oxygen atoms in total. The van der Waals surface area contributed by atoms with E-state index in [0.717, 1.165) is 47.4 Å². The van der Waals surface area contributed by atoms with Crippen molar-refractivity contribution in [3.05, 3.63) is 147 Å². The second-order valence-electron chi connectivity index (χ2n) is 30.4. The van der Waals surface area contributed by atoms with Crippen LogP contribution in [-0.2, 0) is 101 Å². The molecule has 32 heteroatoms. The van der Waals surface area contributed by atoms with E-state index in [9.17, 15) is 62.6 Å². The Bertz CT molecular complexity index is 4330. The molecule has 0 saturated carbocycles. The maximum atomic E-state index is 15.0. The minimum atomic E-state index is -1.32. The second kappa shape index (κ2) is 50.8. The smallest absolute Gasteiger partial charge is 0.309 e. The van der Waals surface area contributed by atoms with Gasteiger partial charge < -0.3 is 76.2 Å². The fourth-order valence-corrected chi connectivity index (χ4v) is 14.1. The van der Waals surface area contributed by atoms with Gasteiger partial charge in [0.25, 0.3) is 11.8 Å². The molecule has 0 unspecified atom stereocenters. The van der Waals surface area contributed by atoms with E-state index in [-0.39, 0.29) is 131 Å². The Labute approximate surface area is 706 Å². The van der Waals surface area contributed by atoms with Crippen LogP contribution in [0.1, 0.15) is 169 Å². The largest absolute Gasteiger partial charge is 0.481 e. The number of aromatic nitrogens is 1. The number of esters is 1. The lowest BCUT2D eigenvalue weighted by Crippen LogP contribution is -2.58. The van der Waals surface area contributed by atoms with Crippen LogP contribution in [0.4, 0.5) is 11.4 Å². The fourth-order valence-electron chi connectivity index (χ4n) is 13.2. The quantitative estimate of drug-likeness (QED) is 0.00867. The van der Waals surface area contributed by atoms with Gasteiger partial charge in [-0.1, -0.05) is 125 Å². The molecule has 0 aliphatic carbocycles. The van der Waals surface area contributed by atoms with Crippen molar-refractivity contribution in [2.75, 3.05) is 109 Å². The third kappa shape index (κ3) is 33.0. The first kappa shape index (κ1) is 96.2. The molecule has 648 valence electrons. The molecule has 0 radical (unpaired) electrons. The Morgan fingerprint density at radius 2 is 1.31 bits per heavy atom. The number of fused-ring (bicyclic) bond motifs is 2. The number of aliphatic carboxylic acids is 1. The zero-order valence-electron chi connectivity index (χ0n) is 69.9. The number of carbonyl (C=O) groups is 12. The van der Waals surface area contributed by atoms with Crippen LogP contribution >= 0.6 is 11.3 Å². The molecule has 4 aromatic carbocycles. The number of para-hydroxylation sites is 1. The van der Waals surface area contributed by atoms with Gasteiger partial charge in [0, 0.05) is 80.2 Å². The minimum absolute atomic E-state index is 0.0131. The summed E-state index contributed by atoms with van der Waals surface area (Å²) in [4.78, 5) is 175. The zero-order valence-corrected chi connectivity index (χ0v) is 70.7. The summed E-state index contributed by atoms with van der Waals surface area (Å²) in [6, 6.07) is 26.4. The molecule has 120 heavy (non-hydrogen) atoms. The van der Waals surface area contributed by atoms with E-state index < -0.39 is 115 Å². The number of likely N-dealkylation sites (N-methyl/N-ethyl adjacent to an activating group) is 1. The van der Waals surface area contributed by atoms with Crippen LogP contribution < -0.4 is 47.4 Å². The number of thiazole rings is 1. The summed E-state index contributed by atoms with van der Waals surface area (Å²) >= 11 is 1.06. The second-order valence-corrected chi connectivity index (χ2v) is 31.3. The topological polar surface area (TPSA) is 399 Å². The zero-order chi connectivity index (χ0) is 86.9. The van der Waals surface area contributed by atoms with Crippen molar-refractivity contribution in [2.45, 2.75) is 175 Å². The number of carboxylic acid groups (broad SMARTS) is 1. The Morgan fingerprint density at radius 1 is 0.683 bits per heavy atom. The summed E-state index contributed by atoms with van der Waals surface area (Å²) in [5, 5.41) is 34.9. The molecule has 1 fully saturated rings. The van der Waals surface area contributed by atoms with Crippen LogP contribution in [0.15, 0.2) is 109 Å². The predicted octanol–water partition coefficient (Wildman–Crippen LogP) is 6.51. The summed E-state index contributed by atoms with van der Waals surface area (Å²) in [6.07, 6.45) is 8.47. The molecule has 3 heterocycles. The summed E-state index contributed by atoms with van der Waals surface area (Å²) < 4.78 is 28.0. The molecule has 9 N–H and O–H groups in total. The van der Waals surface area contributed by atoms with Crippen molar-refractivity contribution in [3.63, 3.8) is 0 Å². The van der Waals surface area contributed by atoms with Crippen molar-refractivity contribution in [3.8, 4) is 24.2 Å². The molecular weight excluding hydrogens is 1560 g/mol. The number of hydrogen-bond acceptors (Lipinski definition) is 21. The van der Waals surface area contributed by atoms with Crippen LogP contribution in [0.2, 0.25) is 0 Å². The highest BCUT2D eigenvalue weighted by atomic mass is 32.1. The van der Waals surface area contributed by atoms with Gasteiger partial charge >= 0.3 is 11.9 Å². The Hall–Kier alpha value is -11.0. The number of ether oxygens (including phenoxy) is 5. The number of hydrogen-bond donors (Lipinski definition) is 9. The highest BCUT2D eigenvalue weighted by molar-refractivity contribution is 7.09.